The van der Waals surface area contributed by atoms with Crippen LogP contribution in [0.1, 0.15) is 38.3 Å². The van der Waals surface area contributed by atoms with E-state index in [0.717, 1.165) is 11.1 Å². The highest BCUT2D eigenvalue weighted by Gasteiger charge is 2.15. The molecule has 0 atom stereocenters. The minimum Gasteiger partial charge on any atom is -0.348 e. The number of aryl methyl sites for hydroxylation is 2. The number of carbonyl (C=O) groups is 3. The number of nitrogens with one attached hydrogen (secondary N) is 3. The molecule has 3 N–H and O–H groups in total. The van der Waals surface area contributed by atoms with E-state index in [1.807, 2.05) is 35.8 Å². The zero-order valence-electron chi connectivity index (χ0n) is 19.9. The molecule has 0 aliphatic rings. The van der Waals surface area contributed by atoms with Crippen molar-refractivity contribution in [1.82, 2.24) is 14.9 Å². The third kappa shape index (κ3) is 6.66. The third-order valence-electron chi connectivity index (χ3n) is 5.56. The van der Waals surface area contributed by atoms with Crippen LogP contribution in [-0.2, 0) is 17.9 Å². The van der Waals surface area contributed by atoms with Gasteiger partial charge in [-0.25, -0.2) is 4.98 Å². The molecule has 4 rings (SSSR count). The second-order valence-corrected chi connectivity index (χ2v) is 8.35. The van der Waals surface area contributed by atoms with Gasteiger partial charge in [0, 0.05) is 43.2 Å². The molecule has 36 heavy (non-hydrogen) atoms. The van der Waals surface area contributed by atoms with Gasteiger partial charge >= 0.3 is 0 Å². The maximum absolute atomic E-state index is 13.0. The first kappa shape index (κ1) is 24.4. The Balaban J connectivity index is 1.37. The number of imidazole rings is 1. The summed E-state index contributed by atoms with van der Waals surface area (Å²) in [6, 6.07) is 21.4. The number of benzene rings is 3. The highest BCUT2D eigenvalue weighted by molar-refractivity contribution is 6.09. The Morgan fingerprint density at radius 1 is 0.889 bits per heavy atom. The number of nitrogens with zero attached hydrogens (tertiary/aromatic N) is 2. The van der Waals surface area contributed by atoms with Gasteiger partial charge in [0.2, 0.25) is 5.91 Å². The molecule has 4 aromatic rings. The Kier molecular flexibility index (Phi) is 7.87. The van der Waals surface area contributed by atoms with E-state index in [4.69, 9.17) is 0 Å². The third-order valence-corrected chi connectivity index (χ3v) is 5.56. The molecule has 0 fully saturated rings. The van der Waals surface area contributed by atoms with E-state index in [1.165, 1.54) is 0 Å². The molecule has 8 heteroatoms. The fourth-order valence-electron chi connectivity index (χ4n) is 3.58. The van der Waals surface area contributed by atoms with Crippen LogP contribution in [-0.4, -0.2) is 27.3 Å². The summed E-state index contributed by atoms with van der Waals surface area (Å²) in [5.41, 5.74) is 3.77. The van der Waals surface area contributed by atoms with E-state index in [1.54, 1.807) is 67.3 Å². The summed E-state index contributed by atoms with van der Waals surface area (Å²) < 4.78 is 1.82. The van der Waals surface area contributed by atoms with Gasteiger partial charge in [0.05, 0.1) is 17.6 Å². The molecule has 0 saturated carbocycles. The van der Waals surface area contributed by atoms with Crippen LogP contribution in [0, 0.1) is 6.92 Å². The zero-order valence-corrected chi connectivity index (χ0v) is 19.9. The minimum absolute atomic E-state index is 0.170. The topological polar surface area (TPSA) is 105 Å². The van der Waals surface area contributed by atoms with Crippen LogP contribution in [0.3, 0.4) is 0 Å². The lowest BCUT2D eigenvalue weighted by molar-refractivity contribution is -0.116. The minimum atomic E-state index is -0.386. The molecule has 0 spiro atoms. The predicted octanol–water partition coefficient (Wildman–Crippen LogP) is 4.40. The lowest BCUT2D eigenvalue weighted by atomic mass is 10.1. The normalized spacial score (nSPS) is 10.5. The molecular weight excluding hydrogens is 454 g/mol. The van der Waals surface area contributed by atoms with E-state index in [9.17, 15) is 14.4 Å². The van der Waals surface area contributed by atoms with Crippen molar-refractivity contribution in [2.75, 3.05) is 10.6 Å². The highest BCUT2D eigenvalue weighted by Crippen LogP contribution is 2.18. The Labute approximate surface area is 209 Å². The molecule has 182 valence electrons. The number of para-hydroxylation sites is 1. The van der Waals surface area contributed by atoms with Gasteiger partial charge in [-0.2, -0.15) is 0 Å². The highest BCUT2D eigenvalue weighted by atomic mass is 16.2. The summed E-state index contributed by atoms with van der Waals surface area (Å²) in [6.07, 6.45) is 5.38. The average molecular weight is 482 g/mol. The van der Waals surface area contributed by atoms with Gasteiger partial charge in [0.1, 0.15) is 0 Å². The number of carbonyl (C=O) groups excluding carboxylic acids is 3. The van der Waals surface area contributed by atoms with Gasteiger partial charge < -0.3 is 20.5 Å². The van der Waals surface area contributed by atoms with Gasteiger partial charge in [0.25, 0.3) is 11.8 Å². The lowest BCUT2D eigenvalue weighted by Crippen LogP contribution is -2.25. The zero-order chi connectivity index (χ0) is 25.3. The molecule has 1 heterocycles. The summed E-state index contributed by atoms with van der Waals surface area (Å²) in [5.74, 6) is -0.842. The van der Waals surface area contributed by atoms with Crippen molar-refractivity contribution in [3.63, 3.8) is 0 Å². The molecule has 0 aliphatic heterocycles. The van der Waals surface area contributed by atoms with Crippen molar-refractivity contribution in [2.24, 2.45) is 0 Å². The van der Waals surface area contributed by atoms with Crippen LogP contribution >= 0.6 is 0 Å². The van der Waals surface area contributed by atoms with Gasteiger partial charge in [-0.1, -0.05) is 48.0 Å². The summed E-state index contributed by atoms with van der Waals surface area (Å²) in [7, 11) is 0. The Morgan fingerprint density at radius 2 is 1.69 bits per heavy atom. The first-order valence-corrected chi connectivity index (χ1v) is 11.6. The second-order valence-electron chi connectivity index (χ2n) is 8.35. The van der Waals surface area contributed by atoms with Crippen LogP contribution in [0.25, 0.3) is 0 Å². The molecule has 0 unspecified atom stereocenters. The number of aromatic nitrogens is 2. The number of hydrogen-bond donors (Lipinski definition) is 3. The fraction of sp³-hybridized carbons (Fsp3) is 0.143. The van der Waals surface area contributed by atoms with E-state index >= 15 is 0 Å². The summed E-state index contributed by atoms with van der Waals surface area (Å²) >= 11 is 0. The molecule has 1 aromatic heterocycles. The molecule has 0 radical (unpaired) electrons. The standard InChI is InChI=1S/C28H27N5O3/c1-20-9-11-21(12-10-20)18-30-28(36)24-7-2-3-8-25(24)32-27(35)22-5-4-6-23(17-22)31-26(34)13-15-33-16-14-29-19-33/h2-12,14,16-17,19H,13,15,18H2,1H3,(H,30,36)(H,31,34)(H,32,35). The van der Waals surface area contributed by atoms with Crippen molar-refractivity contribution in [2.45, 2.75) is 26.4 Å². The van der Waals surface area contributed by atoms with Crippen molar-refractivity contribution >= 4 is 29.1 Å². The number of rotatable bonds is 9. The molecular formula is C28H27N5O3. The maximum Gasteiger partial charge on any atom is 0.255 e. The molecule has 3 amide bonds. The van der Waals surface area contributed by atoms with Crippen molar-refractivity contribution in [3.8, 4) is 0 Å². The van der Waals surface area contributed by atoms with Crippen LogP contribution in [0.4, 0.5) is 11.4 Å². The van der Waals surface area contributed by atoms with E-state index in [2.05, 4.69) is 20.9 Å². The van der Waals surface area contributed by atoms with Crippen molar-refractivity contribution in [3.05, 3.63) is 114 Å². The Bertz CT molecular complexity index is 1350. The summed E-state index contributed by atoms with van der Waals surface area (Å²) in [4.78, 5) is 42.0. The van der Waals surface area contributed by atoms with Crippen LogP contribution in [0.2, 0.25) is 0 Å². The number of amides is 3. The quantitative estimate of drug-likeness (QED) is 0.329. The first-order valence-electron chi connectivity index (χ1n) is 11.6. The van der Waals surface area contributed by atoms with E-state index in [0.29, 0.717) is 35.6 Å². The van der Waals surface area contributed by atoms with Gasteiger partial charge in [-0.3, -0.25) is 14.4 Å². The summed E-state index contributed by atoms with van der Waals surface area (Å²) in [6.45, 7) is 2.90. The number of hydrogen-bond acceptors (Lipinski definition) is 4. The van der Waals surface area contributed by atoms with Gasteiger partial charge in [-0.15, -0.1) is 0 Å². The molecule has 3 aromatic carbocycles. The largest absolute Gasteiger partial charge is 0.348 e. The van der Waals surface area contributed by atoms with Crippen molar-refractivity contribution < 1.29 is 14.4 Å². The lowest BCUT2D eigenvalue weighted by Gasteiger charge is -2.12. The molecule has 8 nitrogen and oxygen atoms in total. The predicted molar refractivity (Wildman–Crippen MR) is 139 cm³/mol. The van der Waals surface area contributed by atoms with Crippen LogP contribution in [0.5, 0.6) is 0 Å². The second kappa shape index (κ2) is 11.6. The van der Waals surface area contributed by atoms with Crippen molar-refractivity contribution in [1.29, 1.82) is 0 Å². The monoisotopic (exact) mass is 481 g/mol. The Morgan fingerprint density at radius 3 is 2.47 bits per heavy atom. The average Bonchev–Trinajstić information content (AvgIpc) is 3.41. The van der Waals surface area contributed by atoms with Gasteiger partial charge in [-0.05, 0) is 42.8 Å². The molecule has 0 aliphatic carbocycles. The Hall–Kier alpha value is -4.72. The SMILES string of the molecule is Cc1ccc(CNC(=O)c2ccccc2NC(=O)c2cccc(NC(=O)CCn3ccnc3)c2)cc1. The summed E-state index contributed by atoms with van der Waals surface area (Å²) in [5, 5.41) is 8.52. The maximum atomic E-state index is 13.0. The van der Waals surface area contributed by atoms with E-state index in [-0.39, 0.29) is 24.1 Å². The van der Waals surface area contributed by atoms with Crippen LogP contribution in [0.15, 0.2) is 91.5 Å². The molecule has 0 bridgehead atoms. The first-order chi connectivity index (χ1) is 17.5. The fourth-order valence-corrected chi connectivity index (χ4v) is 3.58. The van der Waals surface area contributed by atoms with E-state index < -0.39 is 0 Å². The molecule has 0 saturated heterocycles. The van der Waals surface area contributed by atoms with Crippen LogP contribution < -0.4 is 16.0 Å². The smallest absolute Gasteiger partial charge is 0.255 e. The van der Waals surface area contributed by atoms with Gasteiger partial charge in [0.15, 0.2) is 0 Å². The number of anilines is 2.